The number of nitrogens with one attached hydrogen (secondary N) is 1. The number of aromatic amines is 1. The highest BCUT2D eigenvalue weighted by atomic mass is 32.1. The monoisotopic (exact) mass is 249 g/mol. The Bertz CT molecular complexity index is 775. The summed E-state index contributed by atoms with van der Waals surface area (Å²) < 4.78 is 13.2. The maximum Gasteiger partial charge on any atom is 0.256 e. The van der Waals surface area contributed by atoms with E-state index >= 15 is 0 Å². The first-order chi connectivity index (χ1) is 8.19. The van der Waals surface area contributed by atoms with Crippen molar-refractivity contribution in [3.05, 3.63) is 45.3 Å². The summed E-state index contributed by atoms with van der Waals surface area (Å²) in [5.41, 5.74) is -0.237. The molecule has 2 N–H and O–H groups in total. The average Bonchev–Trinajstić information content (AvgIpc) is 2.72. The largest absolute Gasteiger partial charge is 0.391 e. The van der Waals surface area contributed by atoms with Gasteiger partial charge in [0.25, 0.3) is 5.56 Å². The standard InChI is InChI=1S/C12H8FNO2S/c13-6-1-2-8-9(3-6)10-4-7(5-15)17-12(10)14-11(8)16/h1-4,15H,5H2,(H,14,16). The second kappa shape index (κ2) is 3.65. The molecule has 0 spiro atoms. The lowest BCUT2D eigenvalue weighted by Gasteiger charge is -1.98. The van der Waals surface area contributed by atoms with Gasteiger partial charge in [0.2, 0.25) is 0 Å². The van der Waals surface area contributed by atoms with Gasteiger partial charge in [-0.15, -0.1) is 11.3 Å². The summed E-state index contributed by atoms with van der Waals surface area (Å²) in [4.78, 5) is 15.9. The minimum Gasteiger partial charge on any atom is -0.391 e. The number of thiophene rings is 1. The SMILES string of the molecule is O=c1[nH]c2sc(CO)cc2c2cc(F)ccc12. The summed E-state index contributed by atoms with van der Waals surface area (Å²) in [5.74, 6) is -0.374. The second-order valence-corrected chi connectivity index (χ2v) is 4.89. The molecule has 0 bridgehead atoms. The van der Waals surface area contributed by atoms with Gasteiger partial charge >= 0.3 is 0 Å². The number of aliphatic hydroxyl groups excluding tert-OH is 1. The zero-order chi connectivity index (χ0) is 12.0. The maximum absolute atomic E-state index is 13.2. The van der Waals surface area contributed by atoms with Crippen molar-refractivity contribution in [2.75, 3.05) is 0 Å². The fourth-order valence-electron chi connectivity index (χ4n) is 1.92. The van der Waals surface area contributed by atoms with Gasteiger partial charge in [0.1, 0.15) is 10.6 Å². The van der Waals surface area contributed by atoms with Crippen molar-refractivity contribution in [2.45, 2.75) is 6.61 Å². The van der Waals surface area contributed by atoms with Crippen molar-refractivity contribution >= 4 is 32.3 Å². The number of H-pyrrole nitrogens is 1. The molecule has 0 saturated heterocycles. The Labute approximate surface area is 99.1 Å². The predicted molar refractivity (Wildman–Crippen MR) is 65.8 cm³/mol. The van der Waals surface area contributed by atoms with Crippen molar-refractivity contribution < 1.29 is 9.50 Å². The number of hydrogen-bond donors (Lipinski definition) is 2. The van der Waals surface area contributed by atoms with Crippen LogP contribution in [0, 0.1) is 5.82 Å². The van der Waals surface area contributed by atoms with Crippen LogP contribution in [0.25, 0.3) is 21.0 Å². The molecule has 2 aromatic heterocycles. The van der Waals surface area contributed by atoms with Gasteiger partial charge in [-0.25, -0.2) is 4.39 Å². The molecule has 86 valence electrons. The Morgan fingerprint density at radius 2 is 2.06 bits per heavy atom. The zero-order valence-corrected chi connectivity index (χ0v) is 9.47. The molecule has 1 aromatic carbocycles. The van der Waals surface area contributed by atoms with E-state index < -0.39 is 0 Å². The van der Waals surface area contributed by atoms with Crippen LogP contribution in [0.15, 0.2) is 29.1 Å². The Morgan fingerprint density at radius 3 is 2.82 bits per heavy atom. The normalized spacial score (nSPS) is 11.4. The Morgan fingerprint density at radius 1 is 1.24 bits per heavy atom. The minimum atomic E-state index is -0.374. The second-order valence-electron chi connectivity index (χ2n) is 3.76. The molecule has 5 heteroatoms. The maximum atomic E-state index is 13.2. The molecule has 0 amide bonds. The topological polar surface area (TPSA) is 53.1 Å². The summed E-state index contributed by atoms with van der Waals surface area (Å²) in [6, 6.07) is 5.86. The molecule has 0 saturated carbocycles. The van der Waals surface area contributed by atoms with Crippen LogP contribution in [-0.4, -0.2) is 10.1 Å². The van der Waals surface area contributed by atoms with E-state index in [1.807, 2.05) is 0 Å². The van der Waals surface area contributed by atoms with E-state index in [0.717, 1.165) is 10.3 Å². The van der Waals surface area contributed by atoms with Gasteiger partial charge in [0.05, 0.1) is 6.61 Å². The van der Waals surface area contributed by atoms with Gasteiger partial charge in [0.15, 0.2) is 0 Å². The highest BCUT2D eigenvalue weighted by Crippen LogP contribution is 2.29. The van der Waals surface area contributed by atoms with Crippen molar-refractivity contribution in [2.24, 2.45) is 0 Å². The minimum absolute atomic E-state index is 0.0851. The molecule has 0 unspecified atom stereocenters. The number of benzene rings is 1. The molecule has 0 atom stereocenters. The molecule has 2 heterocycles. The molecular weight excluding hydrogens is 241 g/mol. The van der Waals surface area contributed by atoms with E-state index in [0.29, 0.717) is 15.6 Å². The number of rotatable bonds is 1. The van der Waals surface area contributed by atoms with Gasteiger partial charge in [-0.3, -0.25) is 4.79 Å². The molecule has 0 aliphatic rings. The molecule has 0 radical (unpaired) electrons. The Balaban J connectivity index is 2.55. The van der Waals surface area contributed by atoms with Crippen LogP contribution < -0.4 is 5.56 Å². The van der Waals surface area contributed by atoms with Crippen LogP contribution in [0.5, 0.6) is 0 Å². The van der Waals surface area contributed by atoms with E-state index in [1.54, 1.807) is 6.07 Å². The van der Waals surface area contributed by atoms with E-state index in [9.17, 15) is 9.18 Å². The van der Waals surface area contributed by atoms with E-state index in [2.05, 4.69) is 4.98 Å². The van der Waals surface area contributed by atoms with Gasteiger partial charge in [-0.2, -0.15) is 0 Å². The van der Waals surface area contributed by atoms with E-state index in [4.69, 9.17) is 5.11 Å². The summed E-state index contributed by atoms with van der Waals surface area (Å²) >= 11 is 1.30. The van der Waals surface area contributed by atoms with Crippen molar-refractivity contribution in [1.29, 1.82) is 0 Å². The van der Waals surface area contributed by atoms with Crippen molar-refractivity contribution in [3.63, 3.8) is 0 Å². The van der Waals surface area contributed by atoms with Crippen LogP contribution in [-0.2, 0) is 6.61 Å². The van der Waals surface area contributed by atoms with Gasteiger partial charge in [0, 0.05) is 21.0 Å². The molecule has 3 rings (SSSR count). The molecule has 0 aliphatic carbocycles. The van der Waals surface area contributed by atoms with Crippen LogP contribution in [0.3, 0.4) is 0 Å². The first-order valence-corrected chi connectivity index (χ1v) is 5.85. The quantitative estimate of drug-likeness (QED) is 0.695. The number of hydrogen-bond acceptors (Lipinski definition) is 3. The van der Waals surface area contributed by atoms with Crippen LogP contribution in [0.1, 0.15) is 4.88 Å². The highest BCUT2D eigenvalue weighted by Gasteiger charge is 2.09. The van der Waals surface area contributed by atoms with Crippen LogP contribution in [0.4, 0.5) is 4.39 Å². The number of aliphatic hydroxyl groups is 1. The van der Waals surface area contributed by atoms with Crippen molar-refractivity contribution in [3.8, 4) is 0 Å². The summed E-state index contributed by atoms with van der Waals surface area (Å²) in [5, 5.41) is 10.9. The Kier molecular flexibility index (Phi) is 2.24. The molecular formula is C12H8FNO2S. The number of halogens is 1. The summed E-state index contributed by atoms with van der Waals surface area (Å²) in [6.45, 7) is -0.0851. The third-order valence-corrected chi connectivity index (χ3v) is 3.72. The first-order valence-electron chi connectivity index (χ1n) is 5.04. The zero-order valence-electron chi connectivity index (χ0n) is 8.66. The van der Waals surface area contributed by atoms with Crippen LogP contribution >= 0.6 is 11.3 Å². The molecule has 0 fully saturated rings. The van der Waals surface area contributed by atoms with E-state index in [-0.39, 0.29) is 18.0 Å². The summed E-state index contributed by atoms with van der Waals surface area (Å²) in [7, 11) is 0. The lowest BCUT2D eigenvalue weighted by Crippen LogP contribution is -2.05. The van der Waals surface area contributed by atoms with Crippen LogP contribution in [0.2, 0.25) is 0 Å². The smallest absolute Gasteiger partial charge is 0.256 e. The Hall–Kier alpha value is -1.72. The fraction of sp³-hybridized carbons (Fsp3) is 0.0833. The van der Waals surface area contributed by atoms with E-state index in [1.165, 1.54) is 29.5 Å². The summed E-state index contributed by atoms with van der Waals surface area (Å²) in [6.07, 6.45) is 0. The third kappa shape index (κ3) is 1.55. The fourth-order valence-corrected chi connectivity index (χ4v) is 2.85. The van der Waals surface area contributed by atoms with Gasteiger partial charge in [-0.1, -0.05) is 0 Å². The number of aromatic nitrogens is 1. The van der Waals surface area contributed by atoms with Crippen molar-refractivity contribution in [1.82, 2.24) is 4.98 Å². The average molecular weight is 249 g/mol. The molecule has 3 nitrogen and oxygen atoms in total. The third-order valence-electron chi connectivity index (χ3n) is 2.68. The first kappa shape index (κ1) is 10.4. The highest BCUT2D eigenvalue weighted by molar-refractivity contribution is 7.18. The lowest BCUT2D eigenvalue weighted by molar-refractivity contribution is 0.285. The molecule has 17 heavy (non-hydrogen) atoms. The number of pyridine rings is 1. The lowest BCUT2D eigenvalue weighted by atomic mass is 10.1. The predicted octanol–water partition coefficient (Wildman–Crippen LogP) is 2.37. The van der Waals surface area contributed by atoms with Gasteiger partial charge in [-0.05, 0) is 24.3 Å². The van der Waals surface area contributed by atoms with Gasteiger partial charge < -0.3 is 10.1 Å². The molecule has 0 aliphatic heterocycles. The molecule has 3 aromatic rings. The number of fused-ring (bicyclic) bond motifs is 3.